The second-order valence-electron chi connectivity index (χ2n) is 7.37. The van der Waals surface area contributed by atoms with Gasteiger partial charge in [0.15, 0.2) is 0 Å². The molecular formula is C23H27BrN2O5. The van der Waals surface area contributed by atoms with Crippen molar-refractivity contribution in [1.82, 2.24) is 9.80 Å². The molecule has 1 N–H and O–H groups in total. The molecule has 0 aliphatic carbocycles. The van der Waals surface area contributed by atoms with E-state index in [1.807, 2.05) is 25.1 Å². The van der Waals surface area contributed by atoms with Gasteiger partial charge in [0.05, 0.1) is 26.1 Å². The molecule has 1 heterocycles. The zero-order valence-electron chi connectivity index (χ0n) is 17.6. The number of carbonyl (C=O) groups is 2. The fourth-order valence-electron chi connectivity index (χ4n) is 3.31. The number of ether oxygens (including phenoxy) is 2. The van der Waals surface area contributed by atoms with Gasteiger partial charge in [0.1, 0.15) is 17.2 Å². The van der Waals surface area contributed by atoms with Crippen LogP contribution in [0.1, 0.15) is 18.4 Å². The lowest BCUT2D eigenvalue weighted by Gasteiger charge is -2.35. The summed E-state index contributed by atoms with van der Waals surface area (Å²) in [6.45, 7) is 4.64. The number of carbonyl (C=O) groups excluding carboxylic acids is 2. The van der Waals surface area contributed by atoms with Gasteiger partial charge in [0.25, 0.3) is 0 Å². The highest BCUT2D eigenvalue weighted by Crippen LogP contribution is 2.22. The van der Waals surface area contributed by atoms with E-state index in [4.69, 9.17) is 9.47 Å². The van der Waals surface area contributed by atoms with Crippen molar-refractivity contribution in [3.8, 4) is 17.2 Å². The molecule has 0 atom stereocenters. The van der Waals surface area contributed by atoms with Crippen LogP contribution in [0.4, 0.5) is 0 Å². The van der Waals surface area contributed by atoms with Gasteiger partial charge in [-0.05, 0) is 42.8 Å². The van der Waals surface area contributed by atoms with Gasteiger partial charge < -0.3 is 24.4 Å². The normalized spacial score (nSPS) is 13.7. The van der Waals surface area contributed by atoms with E-state index >= 15 is 0 Å². The topological polar surface area (TPSA) is 79.3 Å². The molecular weight excluding hydrogens is 464 g/mol. The molecule has 2 amide bonds. The molecule has 1 fully saturated rings. The summed E-state index contributed by atoms with van der Waals surface area (Å²) in [5, 5.41) is 9.43. The molecule has 8 heteroatoms. The Morgan fingerprint density at radius 3 is 1.97 bits per heavy atom. The zero-order valence-corrected chi connectivity index (χ0v) is 19.1. The first kappa shape index (κ1) is 22.9. The number of aryl methyl sites for hydroxylation is 1. The first-order chi connectivity index (χ1) is 14.9. The molecule has 31 heavy (non-hydrogen) atoms. The van der Waals surface area contributed by atoms with Gasteiger partial charge in [-0.25, -0.2) is 0 Å². The molecule has 0 spiro atoms. The maximum Gasteiger partial charge on any atom is 0.226 e. The molecule has 7 nitrogen and oxygen atoms in total. The van der Waals surface area contributed by atoms with E-state index in [1.165, 1.54) is 6.07 Å². The smallest absolute Gasteiger partial charge is 0.226 e. The van der Waals surface area contributed by atoms with Gasteiger partial charge in [0.2, 0.25) is 11.8 Å². The monoisotopic (exact) mass is 490 g/mol. The molecule has 0 radical (unpaired) electrons. The van der Waals surface area contributed by atoms with Crippen molar-refractivity contribution >= 4 is 27.7 Å². The summed E-state index contributed by atoms with van der Waals surface area (Å²) in [5.74, 6) is 1.44. The lowest BCUT2D eigenvalue weighted by atomic mass is 10.2. The summed E-state index contributed by atoms with van der Waals surface area (Å²) in [6.07, 6.45) is 0.560. The fourth-order valence-corrected chi connectivity index (χ4v) is 3.56. The van der Waals surface area contributed by atoms with Crippen LogP contribution in [-0.4, -0.2) is 66.1 Å². The standard InChI is InChI=1S/C23H27BrN2O5/c1-17-15-20(5-6-21(17)24)31-14-8-23(29)26-11-9-25(10-12-26)22(28)7-13-30-19-4-2-3-18(27)16-19/h2-6,15-16,27H,7-14H2,1H3. The summed E-state index contributed by atoms with van der Waals surface area (Å²) in [6, 6.07) is 12.2. The van der Waals surface area contributed by atoms with Crippen LogP contribution in [0.2, 0.25) is 0 Å². The van der Waals surface area contributed by atoms with Crippen molar-refractivity contribution in [2.75, 3.05) is 39.4 Å². The van der Waals surface area contributed by atoms with Gasteiger partial charge in [-0.1, -0.05) is 22.0 Å². The second-order valence-corrected chi connectivity index (χ2v) is 8.22. The summed E-state index contributed by atoms with van der Waals surface area (Å²) in [7, 11) is 0. The first-order valence-electron chi connectivity index (χ1n) is 10.3. The lowest BCUT2D eigenvalue weighted by molar-refractivity contribution is -0.140. The quantitative estimate of drug-likeness (QED) is 0.613. The number of hydrogen-bond donors (Lipinski definition) is 1. The molecule has 2 aromatic carbocycles. The van der Waals surface area contributed by atoms with Crippen LogP contribution >= 0.6 is 15.9 Å². The maximum absolute atomic E-state index is 12.4. The van der Waals surface area contributed by atoms with Crippen LogP contribution in [0.25, 0.3) is 0 Å². The van der Waals surface area contributed by atoms with E-state index in [0.29, 0.717) is 45.0 Å². The van der Waals surface area contributed by atoms with Crippen LogP contribution < -0.4 is 9.47 Å². The summed E-state index contributed by atoms with van der Waals surface area (Å²) in [5.41, 5.74) is 1.08. The van der Waals surface area contributed by atoms with E-state index in [9.17, 15) is 14.7 Å². The Balaban J connectivity index is 1.33. The minimum atomic E-state index is 0.00111. The number of phenols is 1. The van der Waals surface area contributed by atoms with E-state index in [1.54, 1.807) is 28.0 Å². The second kappa shape index (κ2) is 11.0. The molecule has 2 aromatic rings. The molecule has 0 saturated carbocycles. The Morgan fingerprint density at radius 2 is 1.45 bits per heavy atom. The molecule has 1 aliphatic rings. The Hall–Kier alpha value is -2.74. The van der Waals surface area contributed by atoms with Crippen molar-refractivity contribution in [2.24, 2.45) is 0 Å². The van der Waals surface area contributed by atoms with Gasteiger partial charge in [-0.15, -0.1) is 0 Å². The van der Waals surface area contributed by atoms with Crippen molar-refractivity contribution in [3.05, 3.63) is 52.5 Å². The number of rotatable bonds is 8. The Bertz CT molecular complexity index is 913. The number of amides is 2. The van der Waals surface area contributed by atoms with Crippen molar-refractivity contribution in [1.29, 1.82) is 0 Å². The van der Waals surface area contributed by atoms with Crippen molar-refractivity contribution in [2.45, 2.75) is 19.8 Å². The molecule has 1 saturated heterocycles. The summed E-state index contributed by atoms with van der Waals surface area (Å²) < 4.78 is 12.2. The van der Waals surface area contributed by atoms with Gasteiger partial charge in [-0.3, -0.25) is 9.59 Å². The van der Waals surface area contributed by atoms with E-state index in [0.717, 1.165) is 15.8 Å². The van der Waals surface area contributed by atoms with Crippen molar-refractivity contribution in [3.63, 3.8) is 0 Å². The fraction of sp³-hybridized carbons (Fsp3) is 0.391. The third-order valence-corrected chi connectivity index (χ3v) is 5.99. The third kappa shape index (κ3) is 6.89. The molecule has 166 valence electrons. The Labute approximate surface area is 190 Å². The van der Waals surface area contributed by atoms with Gasteiger partial charge in [0, 0.05) is 36.7 Å². The Kier molecular flexibility index (Phi) is 8.17. The minimum Gasteiger partial charge on any atom is -0.508 e. The highest BCUT2D eigenvalue weighted by atomic mass is 79.9. The average molecular weight is 491 g/mol. The predicted octanol–water partition coefficient (Wildman–Crippen LogP) is 3.37. The van der Waals surface area contributed by atoms with E-state index in [2.05, 4.69) is 15.9 Å². The zero-order chi connectivity index (χ0) is 22.2. The number of aromatic hydroxyl groups is 1. The maximum atomic E-state index is 12.4. The summed E-state index contributed by atoms with van der Waals surface area (Å²) in [4.78, 5) is 28.4. The third-order valence-electron chi connectivity index (χ3n) is 5.10. The minimum absolute atomic E-state index is 0.00111. The summed E-state index contributed by atoms with van der Waals surface area (Å²) >= 11 is 3.45. The molecule has 0 unspecified atom stereocenters. The number of hydrogen-bond acceptors (Lipinski definition) is 5. The van der Waals surface area contributed by atoms with Crippen LogP contribution in [-0.2, 0) is 9.59 Å². The molecule has 3 rings (SSSR count). The van der Waals surface area contributed by atoms with E-state index < -0.39 is 0 Å². The first-order valence-corrected chi connectivity index (χ1v) is 11.1. The van der Waals surface area contributed by atoms with Crippen LogP contribution in [0.15, 0.2) is 46.9 Å². The number of benzene rings is 2. The molecule has 1 aliphatic heterocycles. The van der Waals surface area contributed by atoms with Crippen molar-refractivity contribution < 1.29 is 24.2 Å². The highest BCUT2D eigenvalue weighted by molar-refractivity contribution is 9.10. The molecule has 0 aromatic heterocycles. The SMILES string of the molecule is Cc1cc(OCCC(=O)N2CCN(C(=O)CCOc3cccc(O)c3)CC2)ccc1Br. The predicted molar refractivity (Wildman–Crippen MR) is 120 cm³/mol. The van der Waals surface area contributed by atoms with Crippen LogP contribution in [0.5, 0.6) is 17.2 Å². The van der Waals surface area contributed by atoms with E-state index in [-0.39, 0.29) is 30.6 Å². The lowest BCUT2D eigenvalue weighted by Crippen LogP contribution is -2.51. The highest BCUT2D eigenvalue weighted by Gasteiger charge is 2.23. The molecule has 0 bridgehead atoms. The van der Waals surface area contributed by atoms with Crippen LogP contribution in [0, 0.1) is 6.92 Å². The van der Waals surface area contributed by atoms with Crippen LogP contribution in [0.3, 0.4) is 0 Å². The largest absolute Gasteiger partial charge is 0.508 e. The van der Waals surface area contributed by atoms with Gasteiger partial charge in [-0.2, -0.15) is 0 Å². The number of halogens is 1. The number of piperazine rings is 1. The Morgan fingerprint density at radius 1 is 0.903 bits per heavy atom. The number of phenolic OH excluding ortho intramolecular Hbond substituents is 1. The number of nitrogens with zero attached hydrogens (tertiary/aromatic N) is 2. The van der Waals surface area contributed by atoms with Gasteiger partial charge >= 0.3 is 0 Å². The average Bonchev–Trinajstić information content (AvgIpc) is 2.76.